The van der Waals surface area contributed by atoms with Crippen LogP contribution in [0.2, 0.25) is 0 Å². The highest BCUT2D eigenvalue weighted by molar-refractivity contribution is 5.74. The molecule has 0 aromatic rings. The first-order chi connectivity index (χ1) is 7.84. The summed E-state index contributed by atoms with van der Waals surface area (Å²) in [6, 6.07) is 0.476. The summed E-state index contributed by atoms with van der Waals surface area (Å²) in [7, 11) is 0. The second kappa shape index (κ2) is 6.12. The van der Waals surface area contributed by atoms with Gasteiger partial charge in [-0.05, 0) is 25.2 Å². The summed E-state index contributed by atoms with van der Waals surface area (Å²) in [6.07, 6.45) is 11.5. The third kappa shape index (κ3) is 3.69. The van der Waals surface area contributed by atoms with E-state index in [1.807, 2.05) is 0 Å². The Kier molecular flexibility index (Phi) is 4.49. The highest BCUT2D eigenvalue weighted by Gasteiger charge is 2.18. The molecule has 3 nitrogen and oxygen atoms in total. The summed E-state index contributed by atoms with van der Waals surface area (Å²) in [5.41, 5.74) is 0. The Balaban J connectivity index is 1.52. The van der Waals surface area contributed by atoms with E-state index in [4.69, 9.17) is 0 Å². The van der Waals surface area contributed by atoms with Crippen LogP contribution in [0.15, 0.2) is 0 Å². The Morgan fingerprint density at radius 2 is 1.75 bits per heavy atom. The fourth-order valence-corrected chi connectivity index (χ4v) is 2.65. The lowest BCUT2D eigenvalue weighted by atomic mass is 9.83. The first kappa shape index (κ1) is 11.7. The highest BCUT2D eigenvalue weighted by Crippen LogP contribution is 2.28. The Morgan fingerprint density at radius 3 is 2.38 bits per heavy atom. The minimum atomic E-state index is 0.0474. The number of amides is 2. The molecule has 2 aliphatic carbocycles. The molecular weight excluding hydrogens is 200 g/mol. The summed E-state index contributed by atoms with van der Waals surface area (Å²) >= 11 is 0. The summed E-state index contributed by atoms with van der Waals surface area (Å²) in [5.74, 6) is 0.884. The van der Waals surface area contributed by atoms with Crippen molar-refractivity contribution < 1.29 is 4.79 Å². The molecule has 2 saturated carbocycles. The minimum Gasteiger partial charge on any atom is -0.338 e. The fourth-order valence-electron chi connectivity index (χ4n) is 2.65. The van der Waals surface area contributed by atoms with Crippen LogP contribution in [0.25, 0.3) is 0 Å². The Bertz CT molecular complexity index is 220. The molecule has 0 heterocycles. The summed E-state index contributed by atoms with van der Waals surface area (Å²) < 4.78 is 0. The zero-order valence-electron chi connectivity index (χ0n) is 10.1. The first-order valence-corrected chi connectivity index (χ1v) is 6.89. The summed E-state index contributed by atoms with van der Waals surface area (Å²) in [6.45, 7) is 0.850. The lowest BCUT2D eigenvalue weighted by Gasteiger charge is -2.26. The van der Waals surface area contributed by atoms with Gasteiger partial charge in [0, 0.05) is 12.6 Å². The van der Waals surface area contributed by atoms with Gasteiger partial charge in [-0.15, -0.1) is 0 Å². The quantitative estimate of drug-likeness (QED) is 0.757. The zero-order chi connectivity index (χ0) is 11.2. The molecule has 16 heavy (non-hydrogen) atoms. The van der Waals surface area contributed by atoms with E-state index in [-0.39, 0.29) is 6.03 Å². The van der Waals surface area contributed by atoms with Crippen LogP contribution in [-0.4, -0.2) is 18.6 Å². The van der Waals surface area contributed by atoms with E-state index >= 15 is 0 Å². The molecule has 0 aromatic heterocycles. The minimum absolute atomic E-state index is 0.0474. The number of carbonyl (C=O) groups is 1. The lowest BCUT2D eigenvalue weighted by Crippen LogP contribution is -2.43. The first-order valence-electron chi connectivity index (χ1n) is 6.89. The van der Waals surface area contributed by atoms with Gasteiger partial charge in [0.2, 0.25) is 0 Å². The van der Waals surface area contributed by atoms with Crippen molar-refractivity contribution in [2.75, 3.05) is 6.54 Å². The van der Waals surface area contributed by atoms with Gasteiger partial charge < -0.3 is 10.6 Å². The van der Waals surface area contributed by atoms with Gasteiger partial charge in [0.15, 0.2) is 0 Å². The zero-order valence-corrected chi connectivity index (χ0v) is 10.1. The lowest BCUT2D eigenvalue weighted by molar-refractivity contribution is 0.229. The van der Waals surface area contributed by atoms with Crippen LogP contribution in [-0.2, 0) is 0 Å². The number of nitrogens with one attached hydrogen (secondary N) is 2. The van der Waals surface area contributed by atoms with E-state index in [1.165, 1.54) is 38.5 Å². The number of urea groups is 1. The molecular formula is C13H24N2O. The van der Waals surface area contributed by atoms with E-state index < -0.39 is 0 Å². The van der Waals surface area contributed by atoms with Crippen molar-refractivity contribution >= 4 is 6.03 Å². The molecule has 0 aromatic carbocycles. The molecule has 0 spiro atoms. The summed E-state index contributed by atoms with van der Waals surface area (Å²) in [4.78, 5) is 11.6. The fraction of sp³-hybridized carbons (Fsp3) is 0.923. The molecule has 0 bridgehead atoms. The molecule has 3 heteroatoms. The van der Waals surface area contributed by atoms with E-state index in [0.29, 0.717) is 6.04 Å². The predicted octanol–water partition coefficient (Wildman–Crippen LogP) is 2.81. The third-order valence-electron chi connectivity index (χ3n) is 4.00. The van der Waals surface area contributed by atoms with Crippen molar-refractivity contribution in [2.45, 2.75) is 63.8 Å². The Labute approximate surface area is 98.4 Å². The largest absolute Gasteiger partial charge is 0.338 e. The average molecular weight is 224 g/mol. The smallest absolute Gasteiger partial charge is 0.315 e. The topological polar surface area (TPSA) is 41.1 Å². The Morgan fingerprint density at radius 1 is 1.00 bits per heavy atom. The van der Waals surface area contributed by atoms with Crippen LogP contribution >= 0.6 is 0 Å². The van der Waals surface area contributed by atoms with E-state index in [9.17, 15) is 4.79 Å². The maximum Gasteiger partial charge on any atom is 0.315 e. The molecule has 0 aliphatic heterocycles. The van der Waals surface area contributed by atoms with E-state index in [2.05, 4.69) is 10.6 Å². The van der Waals surface area contributed by atoms with Gasteiger partial charge in [-0.2, -0.15) is 0 Å². The van der Waals surface area contributed by atoms with E-state index in [0.717, 1.165) is 31.7 Å². The average Bonchev–Trinajstić information content (AvgIpc) is 2.23. The third-order valence-corrected chi connectivity index (χ3v) is 4.00. The van der Waals surface area contributed by atoms with Crippen LogP contribution in [0.1, 0.15) is 57.8 Å². The second-order valence-electron chi connectivity index (χ2n) is 5.32. The van der Waals surface area contributed by atoms with Crippen LogP contribution in [0, 0.1) is 5.92 Å². The maximum absolute atomic E-state index is 11.6. The van der Waals surface area contributed by atoms with Gasteiger partial charge in [0.25, 0.3) is 0 Å². The van der Waals surface area contributed by atoms with Crippen molar-refractivity contribution in [3.05, 3.63) is 0 Å². The van der Waals surface area contributed by atoms with Crippen molar-refractivity contribution in [1.29, 1.82) is 0 Å². The van der Waals surface area contributed by atoms with Crippen LogP contribution in [0.5, 0.6) is 0 Å². The van der Waals surface area contributed by atoms with Gasteiger partial charge in [0.1, 0.15) is 0 Å². The normalized spacial score (nSPS) is 22.5. The van der Waals surface area contributed by atoms with Crippen LogP contribution in [0.4, 0.5) is 4.79 Å². The molecule has 2 N–H and O–H groups in total. The molecule has 2 fully saturated rings. The van der Waals surface area contributed by atoms with Gasteiger partial charge in [-0.1, -0.05) is 38.5 Å². The highest BCUT2D eigenvalue weighted by atomic mass is 16.2. The van der Waals surface area contributed by atoms with Crippen molar-refractivity contribution in [1.82, 2.24) is 10.6 Å². The van der Waals surface area contributed by atoms with Crippen molar-refractivity contribution in [2.24, 2.45) is 5.92 Å². The molecule has 0 radical (unpaired) electrons. The molecule has 2 rings (SSSR count). The van der Waals surface area contributed by atoms with Crippen molar-refractivity contribution in [3.8, 4) is 0 Å². The molecule has 2 amide bonds. The molecule has 0 atom stereocenters. The standard InChI is InChI=1S/C13H24N2O/c16-13(14-10-9-11-5-4-6-11)15-12-7-2-1-3-8-12/h11-12H,1-10H2,(H2,14,15,16). The molecule has 2 aliphatic rings. The Hall–Kier alpha value is -0.730. The monoisotopic (exact) mass is 224 g/mol. The van der Waals surface area contributed by atoms with E-state index in [1.54, 1.807) is 0 Å². The van der Waals surface area contributed by atoms with Crippen molar-refractivity contribution in [3.63, 3.8) is 0 Å². The SMILES string of the molecule is O=C(NCCC1CCC1)NC1CCCCC1. The van der Waals surface area contributed by atoms with Gasteiger partial charge >= 0.3 is 6.03 Å². The molecule has 0 saturated heterocycles. The number of hydrogen-bond donors (Lipinski definition) is 2. The van der Waals surface area contributed by atoms with Crippen LogP contribution < -0.4 is 10.6 Å². The number of hydrogen-bond acceptors (Lipinski definition) is 1. The second-order valence-corrected chi connectivity index (χ2v) is 5.32. The van der Waals surface area contributed by atoms with Gasteiger partial charge in [-0.25, -0.2) is 4.79 Å². The molecule has 0 unspecified atom stereocenters. The number of rotatable bonds is 4. The predicted molar refractivity (Wildman–Crippen MR) is 65.4 cm³/mol. The van der Waals surface area contributed by atoms with Crippen LogP contribution in [0.3, 0.4) is 0 Å². The summed E-state index contributed by atoms with van der Waals surface area (Å²) in [5, 5.41) is 6.06. The van der Waals surface area contributed by atoms with Gasteiger partial charge in [0.05, 0.1) is 0 Å². The molecule has 92 valence electrons. The van der Waals surface area contributed by atoms with Gasteiger partial charge in [-0.3, -0.25) is 0 Å². The number of carbonyl (C=O) groups excluding carboxylic acids is 1. The maximum atomic E-state index is 11.6.